The number of piperazine rings is 1. The van der Waals surface area contributed by atoms with Gasteiger partial charge in [0.2, 0.25) is 5.91 Å². The van der Waals surface area contributed by atoms with Crippen molar-refractivity contribution in [3.05, 3.63) is 53.6 Å². The van der Waals surface area contributed by atoms with Crippen LogP contribution in [0.2, 0.25) is 0 Å². The predicted molar refractivity (Wildman–Crippen MR) is 120 cm³/mol. The first kappa shape index (κ1) is 23.2. The summed E-state index contributed by atoms with van der Waals surface area (Å²) in [6.07, 6.45) is -4.16. The highest BCUT2D eigenvalue weighted by Crippen LogP contribution is 2.40. The van der Waals surface area contributed by atoms with E-state index >= 15 is 0 Å². The van der Waals surface area contributed by atoms with Crippen molar-refractivity contribution in [3.8, 4) is 5.75 Å². The minimum absolute atomic E-state index is 0.160. The van der Waals surface area contributed by atoms with E-state index in [0.717, 1.165) is 23.2 Å². The van der Waals surface area contributed by atoms with Gasteiger partial charge < -0.3 is 24.6 Å². The van der Waals surface area contributed by atoms with Crippen LogP contribution in [-0.4, -0.2) is 59.0 Å². The number of fused-ring (bicyclic) bond motifs is 3. The summed E-state index contributed by atoms with van der Waals surface area (Å²) in [5, 5.41) is 2.88. The SMILES string of the molecule is COCCNC(=O)[C@H]1Cc2cc(C(F)(F)F)ccc2N2CCN(c3ccc(OC)cc3)C[C@@H]12. The Labute approximate surface area is 191 Å². The number of alkyl halides is 3. The zero-order valence-electron chi connectivity index (χ0n) is 18.7. The Balaban J connectivity index is 1.63. The Morgan fingerprint density at radius 2 is 1.88 bits per heavy atom. The Morgan fingerprint density at radius 3 is 2.55 bits per heavy atom. The lowest BCUT2D eigenvalue weighted by Gasteiger charge is -2.49. The van der Waals surface area contributed by atoms with Crippen LogP contribution in [0.15, 0.2) is 42.5 Å². The molecule has 2 aromatic carbocycles. The van der Waals surface area contributed by atoms with Gasteiger partial charge >= 0.3 is 6.18 Å². The van der Waals surface area contributed by atoms with Gasteiger partial charge in [0, 0.05) is 44.7 Å². The molecule has 1 fully saturated rings. The Morgan fingerprint density at radius 1 is 1.12 bits per heavy atom. The Hall–Kier alpha value is -2.94. The number of nitrogens with zero attached hydrogens (tertiary/aromatic N) is 2. The molecule has 2 atom stereocenters. The average Bonchev–Trinajstić information content (AvgIpc) is 2.82. The molecule has 2 heterocycles. The van der Waals surface area contributed by atoms with Crippen molar-refractivity contribution in [1.82, 2.24) is 5.32 Å². The summed E-state index contributed by atoms with van der Waals surface area (Å²) in [6, 6.07) is 11.5. The minimum atomic E-state index is -4.42. The second kappa shape index (κ2) is 9.51. The van der Waals surface area contributed by atoms with Crippen LogP contribution in [0.25, 0.3) is 0 Å². The first-order valence-corrected chi connectivity index (χ1v) is 10.9. The van der Waals surface area contributed by atoms with Gasteiger partial charge in [0.15, 0.2) is 0 Å². The molecule has 1 N–H and O–H groups in total. The zero-order chi connectivity index (χ0) is 23.6. The second-order valence-electron chi connectivity index (χ2n) is 8.34. The molecule has 178 valence electrons. The van der Waals surface area contributed by atoms with Crippen molar-refractivity contribution < 1.29 is 27.4 Å². The highest BCUT2D eigenvalue weighted by atomic mass is 19.4. The van der Waals surface area contributed by atoms with E-state index in [2.05, 4.69) is 15.1 Å². The summed E-state index contributed by atoms with van der Waals surface area (Å²) in [6.45, 7) is 2.63. The van der Waals surface area contributed by atoms with Crippen molar-refractivity contribution in [2.45, 2.75) is 18.6 Å². The summed E-state index contributed by atoms with van der Waals surface area (Å²) in [4.78, 5) is 17.4. The summed E-state index contributed by atoms with van der Waals surface area (Å²) in [7, 11) is 3.17. The van der Waals surface area contributed by atoms with E-state index < -0.39 is 17.7 Å². The molecular weight excluding hydrogens is 435 g/mol. The highest BCUT2D eigenvalue weighted by Gasteiger charge is 2.42. The third-order valence-electron chi connectivity index (χ3n) is 6.42. The van der Waals surface area contributed by atoms with E-state index in [1.165, 1.54) is 6.07 Å². The van der Waals surface area contributed by atoms with Gasteiger partial charge in [-0.25, -0.2) is 0 Å². The predicted octanol–water partition coefficient (Wildman–Crippen LogP) is 3.34. The maximum absolute atomic E-state index is 13.3. The number of hydrogen-bond acceptors (Lipinski definition) is 5. The van der Waals surface area contributed by atoms with Crippen molar-refractivity contribution in [2.24, 2.45) is 5.92 Å². The lowest BCUT2D eigenvalue weighted by molar-refractivity contribution is -0.137. The van der Waals surface area contributed by atoms with Gasteiger partial charge in [-0.2, -0.15) is 13.2 Å². The third-order valence-corrected chi connectivity index (χ3v) is 6.42. The number of anilines is 2. The molecule has 0 aliphatic carbocycles. The zero-order valence-corrected chi connectivity index (χ0v) is 18.7. The summed E-state index contributed by atoms with van der Waals surface area (Å²) >= 11 is 0. The van der Waals surface area contributed by atoms with Gasteiger partial charge in [-0.1, -0.05) is 0 Å². The Kier molecular flexibility index (Phi) is 6.69. The smallest absolute Gasteiger partial charge is 0.416 e. The van der Waals surface area contributed by atoms with Crippen molar-refractivity contribution >= 4 is 17.3 Å². The lowest BCUT2D eigenvalue weighted by Crippen LogP contribution is -2.61. The number of rotatable bonds is 6. The normalized spacial score (nSPS) is 20.2. The molecule has 1 amide bonds. The molecular formula is C24H28F3N3O3. The fourth-order valence-electron chi connectivity index (χ4n) is 4.73. The van der Waals surface area contributed by atoms with E-state index in [0.29, 0.717) is 38.3 Å². The largest absolute Gasteiger partial charge is 0.497 e. The van der Waals surface area contributed by atoms with Gasteiger partial charge in [-0.05, 0) is 54.4 Å². The van der Waals surface area contributed by atoms with Gasteiger partial charge in [0.05, 0.1) is 31.2 Å². The molecule has 0 saturated carbocycles. The molecule has 6 nitrogen and oxygen atoms in total. The molecule has 0 bridgehead atoms. The monoisotopic (exact) mass is 463 g/mol. The number of hydrogen-bond donors (Lipinski definition) is 1. The summed E-state index contributed by atoms with van der Waals surface area (Å²) in [5.41, 5.74) is 1.68. The molecule has 9 heteroatoms. The lowest BCUT2D eigenvalue weighted by atomic mass is 9.82. The fraction of sp³-hybridized carbons (Fsp3) is 0.458. The van der Waals surface area contributed by atoms with Gasteiger partial charge in [-0.3, -0.25) is 4.79 Å². The highest BCUT2D eigenvalue weighted by molar-refractivity contribution is 5.82. The van der Waals surface area contributed by atoms with Crippen LogP contribution in [0.4, 0.5) is 24.5 Å². The number of benzene rings is 2. The third kappa shape index (κ3) is 4.88. The number of nitrogens with one attached hydrogen (secondary N) is 1. The number of methoxy groups -OCH3 is 2. The molecule has 0 radical (unpaired) electrons. The second-order valence-corrected chi connectivity index (χ2v) is 8.34. The van der Waals surface area contributed by atoms with E-state index in [1.807, 2.05) is 24.3 Å². The average molecular weight is 464 g/mol. The first-order chi connectivity index (χ1) is 15.8. The van der Waals surface area contributed by atoms with Crippen molar-refractivity contribution in [2.75, 3.05) is 56.8 Å². The Bertz CT molecular complexity index is 981. The first-order valence-electron chi connectivity index (χ1n) is 10.9. The fourth-order valence-corrected chi connectivity index (χ4v) is 4.73. The summed E-state index contributed by atoms with van der Waals surface area (Å²) in [5.74, 6) is 0.125. The quantitative estimate of drug-likeness (QED) is 0.666. The number of amides is 1. The van der Waals surface area contributed by atoms with Crippen LogP contribution < -0.4 is 19.9 Å². The van der Waals surface area contributed by atoms with E-state index in [-0.39, 0.29) is 18.4 Å². The number of halogens is 3. The van der Waals surface area contributed by atoms with E-state index in [9.17, 15) is 18.0 Å². The van der Waals surface area contributed by atoms with Crippen molar-refractivity contribution in [3.63, 3.8) is 0 Å². The van der Waals surface area contributed by atoms with E-state index in [4.69, 9.17) is 9.47 Å². The molecule has 33 heavy (non-hydrogen) atoms. The summed E-state index contributed by atoms with van der Waals surface area (Å²) < 4.78 is 50.2. The van der Waals surface area contributed by atoms with Gasteiger partial charge in [0.1, 0.15) is 5.75 Å². The maximum Gasteiger partial charge on any atom is 0.416 e. The molecule has 2 aliphatic heterocycles. The maximum atomic E-state index is 13.3. The number of carbonyl (C=O) groups is 1. The van der Waals surface area contributed by atoms with Gasteiger partial charge in [0.25, 0.3) is 0 Å². The van der Waals surface area contributed by atoms with Crippen LogP contribution in [0, 0.1) is 5.92 Å². The molecule has 2 aliphatic rings. The van der Waals surface area contributed by atoms with Crippen LogP contribution in [0.3, 0.4) is 0 Å². The molecule has 4 rings (SSSR count). The topological polar surface area (TPSA) is 54.0 Å². The van der Waals surface area contributed by atoms with Crippen LogP contribution >= 0.6 is 0 Å². The van der Waals surface area contributed by atoms with Crippen LogP contribution in [0.5, 0.6) is 5.75 Å². The van der Waals surface area contributed by atoms with Crippen LogP contribution in [-0.2, 0) is 22.1 Å². The minimum Gasteiger partial charge on any atom is -0.497 e. The molecule has 0 unspecified atom stereocenters. The van der Waals surface area contributed by atoms with Gasteiger partial charge in [-0.15, -0.1) is 0 Å². The molecule has 0 aromatic heterocycles. The number of ether oxygens (including phenoxy) is 2. The van der Waals surface area contributed by atoms with E-state index in [1.54, 1.807) is 20.3 Å². The molecule has 1 saturated heterocycles. The van der Waals surface area contributed by atoms with Crippen LogP contribution in [0.1, 0.15) is 11.1 Å². The molecule has 2 aromatic rings. The van der Waals surface area contributed by atoms with Crippen molar-refractivity contribution in [1.29, 1.82) is 0 Å². The standard InChI is InChI=1S/C24H28F3N3O3/c1-32-12-9-28-23(31)20-14-16-13-17(24(25,26)27)3-8-21(16)30-11-10-29(15-22(20)30)18-4-6-19(33-2)7-5-18/h3-8,13,20,22H,9-12,14-15H2,1-2H3,(H,28,31)/t20-,22-/m0/s1. The number of carbonyl (C=O) groups excluding carboxylic acids is 1. The molecule has 0 spiro atoms.